The third-order valence-corrected chi connectivity index (χ3v) is 2.96. The highest BCUT2D eigenvalue weighted by molar-refractivity contribution is 6.36. The highest BCUT2D eigenvalue weighted by Gasteiger charge is 2.09. The van der Waals surface area contributed by atoms with Crippen LogP contribution in [0.4, 0.5) is 0 Å². The average Bonchev–Trinajstić information content (AvgIpc) is 2.45. The van der Waals surface area contributed by atoms with Gasteiger partial charge in [-0.1, -0.05) is 53.2 Å². The number of carbonyl (C=O) groups excluding carboxylic acids is 1. The van der Waals surface area contributed by atoms with E-state index in [4.69, 9.17) is 27.9 Å². The zero-order valence-corrected chi connectivity index (χ0v) is 11.9. The van der Waals surface area contributed by atoms with Crippen LogP contribution in [-0.4, -0.2) is 12.9 Å². The predicted molar refractivity (Wildman–Crippen MR) is 80.7 cm³/mol. The molecule has 0 aliphatic heterocycles. The maximum atomic E-state index is 11.0. The van der Waals surface area contributed by atoms with Gasteiger partial charge in [0.05, 0.1) is 10.6 Å². The molecule has 2 aromatic rings. The number of aldehydes is 1. The number of carbonyl (C=O) groups is 1. The molecule has 0 unspecified atom stereocenters. The van der Waals surface area contributed by atoms with Crippen molar-refractivity contribution in [2.24, 2.45) is 0 Å². The van der Waals surface area contributed by atoms with E-state index < -0.39 is 0 Å². The molecule has 0 aromatic heterocycles. The minimum Gasteiger partial charge on any atom is -0.479 e. The van der Waals surface area contributed by atoms with Gasteiger partial charge in [-0.3, -0.25) is 4.79 Å². The fraction of sp³-hybridized carbons (Fsp3) is 0.0625. The Hall–Kier alpha value is -1.95. The molecule has 0 fully saturated rings. The van der Waals surface area contributed by atoms with Crippen molar-refractivity contribution in [3.8, 4) is 17.6 Å². The second-order valence-electron chi connectivity index (χ2n) is 3.88. The van der Waals surface area contributed by atoms with Crippen LogP contribution in [0.15, 0.2) is 42.5 Å². The van der Waals surface area contributed by atoms with Crippen molar-refractivity contribution >= 4 is 29.5 Å². The zero-order chi connectivity index (χ0) is 14.4. The van der Waals surface area contributed by atoms with Gasteiger partial charge in [-0.2, -0.15) is 0 Å². The second kappa shape index (κ2) is 7.00. The van der Waals surface area contributed by atoms with Crippen LogP contribution in [0.2, 0.25) is 10.0 Å². The van der Waals surface area contributed by atoms with Crippen LogP contribution < -0.4 is 4.74 Å². The van der Waals surface area contributed by atoms with E-state index in [1.54, 1.807) is 0 Å². The van der Waals surface area contributed by atoms with Gasteiger partial charge in [0.1, 0.15) is 12.4 Å². The van der Waals surface area contributed by atoms with Crippen molar-refractivity contribution in [3.05, 3.63) is 63.6 Å². The second-order valence-corrected chi connectivity index (χ2v) is 4.72. The van der Waals surface area contributed by atoms with Crippen molar-refractivity contribution in [2.45, 2.75) is 0 Å². The number of rotatable bonds is 3. The molecule has 20 heavy (non-hydrogen) atoms. The van der Waals surface area contributed by atoms with Crippen molar-refractivity contribution in [2.75, 3.05) is 6.61 Å². The summed E-state index contributed by atoms with van der Waals surface area (Å²) >= 11 is 11.8. The van der Waals surface area contributed by atoms with Crippen LogP contribution in [0.25, 0.3) is 0 Å². The van der Waals surface area contributed by atoms with E-state index >= 15 is 0 Å². The van der Waals surface area contributed by atoms with E-state index in [0.717, 1.165) is 5.56 Å². The number of hydrogen-bond acceptors (Lipinski definition) is 2. The number of halogens is 2. The molecular formula is C16H10Cl2O2. The summed E-state index contributed by atoms with van der Waals surface area (Å²) in [6.45, 7) is 0.136. The minimum atomic E-state index is 0.136. The molecule has 4 heteroatoms. The van der Waals surface area contributed by atoms with E-state index in [-0.39, 0.29) is 6.61 Å². The lowest BCUT2D eigenvalue weighted by Gasteiger charge is -2.07. The Morgan fingerprint density at radius 2 is 1.90 bits per heavy atom. The molecule has 0 amide bonds. The SMILES string of the molecule is O=Cc1cc(Cl)cc(Cl)c1OCC#Cc1ccccc1. The fourth-order valence-electron chi connectivity index (χ4n) is 1.59. The van der Waals surface area contributed by atoms with Crippen LogP contribution >= 0.6 is 23.2 Å². The number of hydrogen-bond donors (Lipinski definition) is 0. The molecule has 2 nitrogen and oxygen atoms in total. The monoisotopic (exact) mass is 304 g/mol. The summed E-state index contributed by atoms with van der Waals surface area (Å²) in [6, 6.07) is 12.6. The van der Waals surface area contributed by atoms with Gasteiger partial charge in [-0.25, -0.2) is 0 Å². The summed E-state index contributed by atoms with van der Waals surface area (Å²) in [7, 11) is 0. The summed E-state index contributed by atoms with van der Waals surface area (Å²) in [6.07, 6.45) is 0.651. The van der Waals surface area contributed by atoms with Crippen LogP contribution in [0, 0.1) is 11.8 Å². The number of benzene rings is 2. The molecule has 0 saturated carbocycles. The first-order valence-corrected chi connectivity index (χ1v) is 6.57. The molecule has 2 rings (SSSR count). The van der Waals surface area contributed by atoms with Crippen molar-refractivity contribution in [1.82, 2.24) is 0 Å². The Morgan fingerprint density at radius 1 is 1.15 bits per heavy atom. The molecule has 0 heterocycles. The highest BCUT2D eigenvalue weighted by atomic mass is 35.5. The molecule has 0 atom stereocenters. The molecule has 2 aromatic carbocycles. The van der Waals surface area contributed by atoms with E-state index in [1.807, 2.05) is 30.3 Å². The summed E-state index contributed by atoms with van der Waals surface area (Å²) in [5.74, 6) is 6.11. The highest BCUT2D eigenvalue weighted by Crippen LogP contribution is 2.31. The van der Waals surface area contributed by atoms with Crippen LogP contribution in [0.1, 0.15) is 15.9 Å². The summed E-state index contributed by atoms with van der Waals surface area (Å²) in [5, 5.41) is 0.681. The summed E-state index contributed by atoms with van der Waals surface area (Å²) < 4.78 is 5.44. The molecule has 0 bridgehead atoms. The van der Waals surface area contributed by atoms with Gasteiger partial charge >= 0.3 is 0 Å². The van der Waals surface area contributed by atoms with Gasteiger partial charge < -0.3 is 4.74 Å². The van der Waals surface area contributed by atoms with E-state index in [0.29, 0.717) is 27.6 Å². The molecule has 0 aliphatic rings. The fourth-order valence-corrected chi connectivity index (χ4v) is 2.15. The van der Waals surface area contributed by atoms with Crippen LogP contribution in [-0.2, 0) is 0 Å². The van der Waals surface area contributed by atoms with Crippen LogP contribution in [0.5, 0.6) is 5.75 Å². The molecule has 100 valence electrons. The van der Waals surface area contributed by atoms with Crippen molar-refractivity contribution < 1.29 is 9.53 Å². The Morgan fingerprint density at radius 3 is 2.60 bits per heavy atom. The Kier molecular flexibility index (Phi) is 5.06. The molecule has 0 aliphatic carbocycles. The Bertz CT molecular complexity index is 670. The van der Waals surface area contributed by atoms with Gasteiger partial charge in [-0.05, 0) is 24.3 Å². The Balaban J connectivity index is 2.09. The largest absolute Gasteiger partial charge is 0.479 e. The van der Waals surface area contributed by atoms with Gasteiger partial charge in [-0.15, -0.1) is 0 Å². The molecule has 0 N–H and O–H groups in total. The zero-order valence-electron chi connectivity index (χ0n) is 10.4. The standard InChI is InChI=1S/C16H10Cl2O2/c17-14-9-13(11-19)16(15(18)10-14)20-8-4-7-12-5-2-1-3-6-12/h1-3,5-6,9-11H,8H2. The van der Waals surface area contributed by atoms with Crippen molar-refractivity contribution in [1.29, 1.82) is 0 Å². The van der Waals surface area contributed by atoms with Crippen molar-refractivity contribution in [3.63, 3.8) is 0 Å². The quantitative estimate of drug-likeness (QED) is 0.626. The smallest absolute Gasteiger partial charge is 0.153 e. The average molecular weight is 305 g/mol. The van der Waals surface area contributed by atoms with E-state index in [1.165, 1.54) is 12.1 Å². The maximum absolute atomic E-state index is 11.0. The minimum absolute atomic E-state index is 0.136. The first-order valence-electron chi connectivity index (χ1n) is 5.81. The maximum Gasteiger partial charge on any atom is 0.153 e. The first-order chi connectivity index (χ1) is 9.70. The third-order valence-electron chi connectivity index (χ3n) is 2.46. The summed E-state index contributed by atoms with van der Waals surface area (Å²) in [5.41, 5.74) is 1.21. The van der Waals surface area contributed by atoms with Gasteiger partial charge in [0.2, 0.25) is 0 Å². The van der Waals surface area contributed by atoms with Crippen LogP contribution in [0.3, 0.4) is 0 Å². The molecule has 0 radical (unpaired) electrons. The predicted octanol–water partition coefficient (Wildman–Crippen LogP) is 4.24. The van der Waals surface area contributed by atoms with E-state index in [9.17, 15) is 4.79 Å². The van der Waals surface area contributed by atoms with Gasteiger partial charge in [0.15, 0.2) is 6.29 Å². The lowest BCUT2D eigenvalue weighted by molar-refractivity contribution is 0.112. The first kappa shape index (κ1) is 14.5. The lowest BCUT2D eigenvalue weighted by atomic mass is 10.2. The van der Waals surface area contributed by atoms with E-state index in [2.05, 4.69) is 11.8 Å². The lowest BCUT2D eigenvalue weighted by Crippen LogP contribution is -1.98. The third kappa shape index (κ3) is 3.77. The molecule has 0 spiro atoms. The van der Waals surface area contributed by atoms with Gasteiger partial charge in [0.25, 0.3) is 0 Å². The molecule has 0 saturated heterocycles. The number of ether oxygens (including phenoxy) is 1. The normalized spacial score (nSPS) is 9.50. The summed E-state index contributed by atoms with van der Waals surface area (Å²) in [4.78, 5) is 11.0. The Labute approximate surface area is 127 Å². The molecular weight excluding hydrogens is 295 g/mol. The van der Waals surface area contributed by atoms with Gasteiger partial charge in [0, 0.05) is 10.6 Å². The topological polar surface area (TPSA) is 26.3 Å².